The fourth-order valence-corrected chi connectivity index (χ4v) is 1.59. The summed E-state index contributed by atoms with van der Waals surface area (Å²) in [5.41, 5.74) is 2.02. The number of hydrogen-bond donors (Lipinski definition) is 1. The van der Waals surface area contributed by atoms with Crippen LogP contribution in [-0.4, -0.2) is 22.9 Å². The minimum Gasteiger partial charge on any atom is -0.317 e. The van der Waals surface area contributed by atoms with Gasteiger partial charge in [-0.25, -0.2) is 0 Å². The Morgan fingerprint density at radius 1 is 1.54 bits per heavy atom. The van der Waals surface area contributed by atoms with E-state index < -0.39 is 0 Å². The molecule has 0 amide bonds. The predicted molar refractivity (Wildman–Crippen MR) is 55.2 cm³/mol. The first-order chi connectivity index (χ1) is 6.16. The van der Waals surface area contributed by atoms with E-state index in [0.29, 0.717) is 0 Å². The highest BCUT2D eigenvalue weighted by Crippen LogP contribution is 2.19. The largest absolute Gasteiger partial charge is 0.317 e. The molecule has 0 aliphatic heterocycles. The quantitative estimate of drug-likeness (QED) is 0.749. The van der Waals surface area contributed by atoms with Gasteiger partial charge in [-0.05, 0) is 13.5 Å². The number of nitrogens with zero attached hydrogens (tertiary/aromatic N) is 2. The van der Waals surface area contributed by atoms with Gasteiger partial charge < -0.3 is 5.32 Å². The summed E-state index contributed by atoms with van der Waals surface area (Å²) < 4.78 is 1.86. The molecule has 74 valence electrons. The molecule has 0 aliphatic carbocycles. The normalized spacial score (nSPS) is 10.8. The lowest BCUT2D eigenvalue weighted by molar-refractivity contribution is 0.656. The number of likely N-dealkylation sites (N-methyl/N-ethyl adjacent to an activating group) is 1. The third-order valence-corrected chi connectivity index (χ3v) is 2.54. The van der Waals surface area contributed by atoms with Crippen LogP contribution in [0.2, 0.25) is 5.02 Å². The molecular weight excluding hydrogens is 186 g/mol. The smallest absolute Gasteiger partial charge is 0.0847 e. The number of aromatic nitrogens is 2. The molecule has 1 aromatic heterocycles. The van der Waals surface area contributed by atoms with Crippen LogP contribution in [0.3, 0.4) is 0 Å². The van der Waals surface area contributed by atoms with Gasteiger partial charge in [-0.15, -0.1) is 0 Å². The van der Waals surface area contributed by atoms with E-state index in [-0.39, 0.29) is 0 Å². The summed E-state index contributed by atoms with van der Waals surface area (Å²) in [4.78, 5) is 0. The van der Waals surface area contributed by atoms with Crippen molar-refractivity contribution in [3.8, 4) is 0 Å². The minimum absolute atomic E-state index is 0.806. The van der Waals surface area contributed by atoms with Crippen molar-refractivity contribution in [2.24, 2.45) is 7.05 Å². The highest BCUT2D eigenvalue weighted by Gasteiger charge is 2.09. The van der Waals surface area contributed by atoms with Gasteiger partial charge in [-0.3, -0.25) is 4.68 Å². The van der Waals surface area contributed by atoms with Gasteiger partial charge in [-0.1, -0.05) is 18.5 Å². The average Bonchev–Trinajstić information content (AvgIpc) is 2.32. The van der Waals surface area contributed by atoms with E-state index >= 15 is 0 Å². The molecule has 0 bridgehead atoms. The zero-order valence-electron chi connectivity index (χ0n) is 8.39. The average molecular weight is 202 g/mol. The summed E-state index contributed by atoms with van der Waals surface area (Å²) >= 11 is 6.08. The number of aryl methyl sites for hydroxylation is 2. The summed E-state index contributed by atoms with van der Waals surface area (Å²) in [5.74, 6) is 0. The molecule has 0 fully saturated rings. The molecule has 1 heterocycles. The Bertz CT molecular complexity index is 281. The van der Waals surface area contributed by atoms with Crippen molar-refractivity contribution in [2.75, 3.05) is 13.1 Å². The van der Waals surface area contributed by atoms with Crippen LogP contribution in [0.4, 0.5) is 0 Å². The highest BCUT2D eigenvalue weighted by molar-refractivity contribution is 6.31. The minimum atomic E-state index is 0.806. The van der Waals surface area contributed by atoms with Crippen LogP contribution in [0.25, 0.3) is 0 Å². The number of hydrogen-bond acceptors (Lipinski definition) is 2. The fourth-order valence-electron chi connectivity index (χ4n) is 1.34. The summed E-state index contributed by atoms with van der Waals surface area (Å²) in [7, 11) is 1.93. The molecule has 13 heavy (non-hydrogen) atoms. The van der Waals surface area contributed by atoms with Gasteiger partial charge in [0.1, 0.15) is 0 Å². The Kier molecular flexibility index (Phi) is 3.75. The number of rotatable bonds is 4. The summed E-state index contributed by atoms with van der Waals surface area (Å²) in [5, 5.41) is 8.31. The van der Waals surface area contributed by atoms with Gasteiger partial charge in [0, 0.05) is 20.0 Å². The van der Waals surface area contributed by atoms with Crippen LogP contribution in [-0.2, 0) is 13.5 Å². The van der Waals surface area contributed by atoms with Crippen LogP contribution in [0, 0.1) is 6.92 Å². The van der Waals surface area contributed by atoms with Gasteiger partial charge in [0.25, 0.3) is 0 Å². The Morgan fingerprint density at radius 3 is 2.69 bits per heavy atom. The maximum atomic E-state index is 6.08. The first-order valence-electron chi connectivity index (χ1n) is 4.55. The number of halogens is 1. The summed E-state index contributed by atoms with van der Waals surface area (Å²) in [6.45, 7) is 5.97. The highest BCUT2D eigenvalue weighted by atomic mass is 35.5. The van der Waals surface area contributed by atoms with E-state index in [4.69, 9.17) is 11.6 Å². The monoisotopic (exact) mass is 201 g/mol. The second-order valence-electron chi connectivity index (χ2n) is 3.07. The van der Waals surface area contributed by atoms with E-state index in [9.17, 15) is 0 Å². The standard InChI is InChI=1S/C9H16ClN3/c1-4-11-6-5-8-9(10)7(2)12-13(8)3/h11H,4-6H2,1-3H3. The van der Waals surface area contributed by atoms with Crippen molar-refractivity contribution < 1.29 is 0 Å². The van der Waals surface area contributed by atoms with Crippen LogP contribution in [0.15, 0.2) is 0 Å². The third kappa shape index (κ3) is 2.45. The Labute approximate surface area is 84.1 Å². The van der Waals surface area contributed by atoms with Gasteiger partial charge in [-0.2, -0.15) is 5.10 Å². The molecule has 0 unspecified atom stereocenters. The second-order valence-corrected chi connectivity index (χ2v) is 3.45. The van der Waals surface area contributed by atoms with E-state index in [1.165, 1.54) is 0 Å². The van der Waals surface area contributed by atoms with Gasteiger partial charge in [0.2, 0.25) is 0 Å². The third-order valence-electron chi connectivity index (χ3n) is 2.05. The van der Waals surface area contributed by atoms with E-state index in [1.54, 1.807) is 0 Å². The molecule has 0 saturated carbocycles. The maximum absolute atomic E-state index is 6.08. The molecule has 1 aromatic rings. The van der Waals surface area contributed by atoms with Crippen molar-refractivity contribution in [3.05, 3.63) is 16.4 Å². The molecule has 0 atom stereocenters. The number of nitrogens with one attached hydrogen (secondary N) is 1. The zero-order valence-corrected chi connectivity index (χ0v) is 9.15. The molecular formula is C9H16ClN3. The van der Waals surface area contributed by atoms with Crippen LogP contribution >= 0.6 is 11.6 Å². The van der Waals surface area contributed by atoms with Gasteiger partial charge in [0.15, 0.2) is 0 Å². The van der Waals surface area contributed by atoms with Crippen molar-refractivity contribution in [2.45, 2.75) is 20.3 Å². The zero-order chi connectivity index (χ0) is 9.84. The molecule has 0 spiro atoms. The Balaban J connectivity index is 2.64. The van der Waals surface area contributed by atoms with Crippen LogP contribution in [0.5, 0.6) is 0 Å². The molecule has 3 nitrogen and oxygen atoms in total. The first kappa shape index (κ1) is 10.5. The lowest BCUT2D eigenvalue weighted by Crippen LogP contribution is -2.17. The van der Waals surface area contributed by atoms with Crippen molar-refractivity contribution in [1.82, 2.24) is 15.1 Å². The topological polar surface area (TPSA) is 29.9 Å². The molecule has 0 radical (unpaired) electrons. The molecule has 1 N–H and O–H groups in total. The Hall–Kier alpha value is -0.540. The molecule has 0 saturated heterocycles. The lowest BCUT2D eigenvalue weighted by atomic mass is 10.3. The van der Waals surface area contributed by atoms with Crippen LogP contribution < -0.4 is 5.32 Å². The second kappa shape index (κ2) is 4.63. The molecule has 1 rings (SSSR count). The van der Waals surface area contributed by atoms with E-state index in [1.807, 2.05) is 18.7 Å². The molecule has 0 aliphatic rings. The molecule has 0 aromatic carbocycles. The lowest BCUT2D eigenvalue weighted by Gasteiger charge is -2.02. The van der Waals surface area contributed by atoms with Crippen molar-refractivity contribution in [1.29, 1.82) is 0 Å². The van der Waals surface area contributed by atoms with E-state index in [2.05, 4.69) is 17.3 Å². The maximum Gasteiger partial charge on any atom is 0.0847 e. The van der Waals surface area contributed by atoms with Crippen molar-refractivity contribution >= 4 is 11.6 Å². The van der Waals surface area contributed by atoms with Gasteiger partial charge >= 0.3 is 0 Å². The summed E-state index contributed by atoms with van der Waals surface area (Å²) in [6, 6.07) is 0. The SMILES string of the molecule is CCNCCc1c(Cl)c(C)nn1C. The van der Waals surface area contributed by atoms with Gasteiger partial charge in [0.05, 0.1) is 16.4 Å². The summed E-state index contributed by atoms with van der Waals surface area (Å²) in [6.07, 6.45) is 0.935. The fraction of sp³-hybridized carbons (Fsp3) is 0.667. The first-order valence-corrected chi connectivity index (χ1v) is 4.93. The predicted octanol–water partition coefficient (Wildman–Crippen LogP) is 1.53. The van der Waals surface area contributed by atoms with E-state index in [0.717, 1.165) is 35.9 Å². The molecule has 4 heteroatoms. The van der Waals surface area contributed by atoms with Crippen LogP contribution in [0.1, 0.15) is 18.3 Å². The Morgan fingerprint density at radius 2 is 2.23 bits per heavy atom. The van der Waals surface area contributed by atoms with Crippen molar-refractivity contribution in [3.63, 3.8) is 0 Å².